The summed E-state index contributed by atoms with van der Waals surface area (Å²) in [7, 11) is 0. The van der Waals surface area contributed by atoms with Crippen LogP contribution in [0, 0.1) is 5.92 Å². The van der Waals surface area contributed by atoms with Gasteiger partial charge in [0.2, 0.25) is 0 Å². The van der Waals surface area contributed by atoms with E-state index in [2.05, 4.69) is 9.99 Å². The van der Waals surface area contributed by atoms with Gasteiger partial charge >= 0.3 is 6.09 Å². The summed E-state index contributed by atoms with van der Waals surface area (Å²) in [4.78, 5) is 14.5. The van der Waals surface area contributed by atoms with Crippen molar-refractivity contribution in [3.8, 4) is 0 Å². The van der Waals surface area contributed by atoms with Crippen LogP contribution in [0.5, 0.6) is 0 Å². The molecule has 0 aliphatic carbocycles. The van der Waals surface area contributed by atoms with Crippen LogP contribution in [0.15, 0.2) is 5.16 Å². The Morgan fingerprint density at radius 1 is 1.42 bits per heavy atom. The Bertz CT molecular complexity index is 177. The summed E-state index contributed by atoms with van der Waals surface area (Å²) in [6.07, 6.45) is -0.922. The maximum absolute atomic E-state index is 10.2. The van der Waals surface area contributed by atoms with Crippen LogP contribution < -0.4 is 11.5 Å². The number of amides is 1. The van der Waals surface area contributed by atoms with E-state index in [9.17, 15) is 4.79 Å². The van der Waals surface area contributed by atoms with Gasteiger partial charge < -0.3 is 11.5 Å². The van der Waals surface area contributed by atoms with E-state index < -0.39 is 6.09 Å². The molecule has 1 amide bonds. The Balaban J connectivity index is 4.29. The zero-order valence-electron chi connectivity index (χ0n) is 7.57. The van der Waals surface area contributed by atoms with Crippen LogP contribution in [0.4, 0.5) is 4.79 Å². The summed E-state index contributed by atoms with van der Waals surface area (Å²) in [5.41, 5.74) is 10.9. The van der Waals surface area contributed by atoms with Gasteiger partial charge in [-0.05, 0) is 12.8 Å². The first kappa shape index (κ1) is 10.9. The van der Waals surface area contributed by atoms with E-state index in [0.717, 1.165) is 0 Å². The molecule has 4 N–H and O–H groups in total. The number of primary amides is 1. The van der Waals surface area contributed by atoms with Gasteiger partial charge in [-0.15, -0.1) is 0 Å². The number of hydrogen-bond acceptors (Lipinski definition) is 4. The smallest absolute Gasteiger partial charge is 0.333 e. The molecule has 0 rings (SSSR count). The van der Waals surface area contributed by atoms with Gasteiger partial charge in [-0.25, -0.2) is 4.79 Å². The summed E-state index contributed by atoms with van der Waals surface area (Å²) < 4.78 is 0. The molecule has 5 heteroatoms. The molecule has 0 saturated carbocycles. The maximum atomic E-state index is 10.2. The van der Waals surface area contributed by atoms with Crippen LogP contribution >= 0.6 is 0 Å². The summed E-state index contributed by atoms with van der Waals surface area (Å²) >= 11 is 0. The fourth-order valence-corrected chi connectivity index (χ4v) is 0.812. The lowest BCUT2D eigenvalue weighted by Gasteiger charge is -2.11. The number of carbonyl (C=O) groups excluding carboxylic acids is 1. The van der Waals surface area contributed by atoms with Crippen molar-refractivity contribution in [3.05, 3.63) is 0 Å². The second-order valence-electron chi connectivity index (χ2n) is 2.87. The molecule has 12 heavy (non-hydrogen) atoms. The normalized spacial score (nSPS) is 14.6. The molecule has 0 spiro atoms. The number of oxime groups is 1. The van der Waals surface area contributed by atoms with E-state index in [4.69, 9.17) is 11.5 Å². The van der Waals surface area contributed by atoms with Gasteiger partial charge in [0.15, 0.2) is 0 Å². The fourth-order valence-electron chi connectivity index (χ4n) is 0.812. The molecule has 0 aromatic carbocycles. The van der Waals surface area contributed by atoms with Crippen molar-refractivity contribution in [1.82, 2.24) is 0 Å². The molecule has 0 aromatic rings. The van der Waals surface area contributed by atoms with Gasteiger partial charge in [-0.3, -0.25) is 4.84 Å². The van der Waals surface area contributed by atoms with Crippen molar-refractivity contribution >= 4 is 11.8 Å². The Hall–Kier alpha value is -1.10. The van der Waals surface area contributed by atoms with Crippen LogP contribution in [0.25, 0.3) is 0 Å². The quantitative estimate of drug-likeness (QED) is 0.368. The molecule has 0 aromatic heterocycles. The minimum absolute atomic E-state index is 0.143. The number of nitrogens with zero attached hydrogens (tertiary/aromatic N) is 1. The lowest BCUT2D eigenvalue weighted by atomic mass is 10.0. The Morgan fingerprint density at radius 2 is 1.92 bits per heavy atom. The van der Waals surface area contributed by atoms with Crippen LogP contribution in [0.2, 0.25) is 0 Å². The molecule has 0 saturated heterocycles. The number of nitrogens with two attached hydrogens (primary N) is 2. The van der Waals surface area contributed by atoms with Gasteiger partial charge in [0.05, 0.1) is 5.71 Å². The fraction of sp³-hybridized carbons (Fsp3) is 0.714. The van der Waals surface area contributed by atoms with E-state index in [1.807, 2.05) is 13.8 Å². The SMILES string of the molecule is CC(C)C(=NOC(N)=O)C(C)N. The summed E-state index contributed by atoms with van der Waals surface area (Å²) in [6.45, 7) is 5.59. The first-order valence-corrected chi connectivity index (χ1v) is 3.75. The van der Waals surface area contributed by atoms with Crippen LogP contribution in [0.1, 0.15) is 20.8 Å². The van der Waals surface area contributed by atoms with Crippen LogP contribution in [0.3, 0.4) is 0 Å². The van der Waals surface area contributed by atoms with Crippen molar-refractivity contribution in [1.29, 1.82) is 0 Å². The van der Waals surface area contributed by atoms with Gasteiger partial charge in [-0.2, -0.15) is 0 Å². The topological polar surface area (TPSA) is 90.7 Å². The van der Waals surface area contributed by atoms with Gasteiger partial charge in [0.25, 0.3) is 0 Å². The molecule has 70 valence electrons. The maximum Gasteiger partial charge on any atom is 0.430 e. The van der Waals surface area contributed by atoms with Crippen molar-refractivity contribution in [2.75, 3.05) is 0 Å². The average Bonchev–Trinajstić information content (AvgIpc) is 1.84. The minimum Gasteiger partial charge on any atom is -0.333 e. The molecule has 5 nitrogen and oxygen atoms in total. The predicted octanol–water partition coefficient (Wildman–Crippen LogP) is 0.441. The van der Waals surface area contributed by atoms with Crippen molar-refractivity contribution in [2.45, 2.75) is 26.8 Å². The molecule has 0 bridgehead atoms. The second kappa shape index (κ2) is 4.71. The molecule has 0 heterocycles. The van der Waals surface area contributed by atoms with E-state index in [-0.39, 0.29) is 12.0 Å². The summed E-state index contributed by atoms with van der Waals surface area (Å²) in [5.74, 6) is 0.143. The predicted molar refractivity (Wildman–Crippen MR) is 46.6 cm³/mol. The Morgan fingerprint density at radius 3 is 2.17 bits per heavy atom. The third-order valence-electron chi connectivity index (χ3n) is 1.30. The monoisotopic (exact) mass is 173 g/mol. The average molecular weight is 173 g/mol. The van der Waals surface area contributed by atoms with Crippen molar-refractivity contribution in [3.63, 3.8) is 0 Å². The molecule has 0 aliphatic heterocycles. The Labute approximate surface area is 71.7 Å². The zero-order chi connectivity index (χ0) is 9.72. The first-order chi connectivity index (χ1) is 5.45. The molecular formula is C7H15N3O2. The first-order valence-electron chi connectivity index (χ1n) is 3.75. The molecule has 1 atom stereocenters. The highest BCUT2D eigenvalue weighted by Crippen LogP contribution is 2.01. The van der Waals surface area contributed by atoms with E-state index in [1.165, 1.54) is 0 Å². The Kier molecular flexibility index (Phi) is 4.28. The van der Waals surface area contributed by atoms with Crippen LogP contribution in [-0.2, 0) is 4.84 Å². The van der Waals surface area contributed by atoms with E-state index >= 15 is 0 Å². The van der Waals surface area contributed by atoms with Crippen molar-refractivity contribution < 1.29 is 9.63 Å². The third-order valence-corrected chi connectivity index (χ3v) is 1.30. The lowest BCUT2D eigenvalue weighted by molar-refractivity contribution is 0.160. The molecule has 0 fully saturated rings. The standard InChI is InChI=1S/C7H15N3O2/c1-4(2)6(5(3)8)10-12-7(9)11/h4-5H,8H2,1-3H3,(H2,9,11). The number of rotatable bonds is 3. The van der Waals surface area contributed by atoms with E-state index in [0.29, 0.717) is 5.71 Å². The summed E-state index contributed by atoms with van der Waals surface area (Å²) in [5, 5.41) is 3.54. The minimum atomic E-state index is -0.922. The van der Waals surface area contributed by atoms with E-state index in [1.54, 1.807) is 6.92 Å². The lowest BCUT2D eigenvalue weighted by Crippen LogP contribution is -2.31. The molecule has 0 radical (unpaired) electrons. The molecular weight excluding hydrogens is 158 g/mol. The van der Waals surface area contributed by atoms with Gasteiger partial charge in [0.1, 0.15) is 0 Å². The van der Waals surface area contributed by atoms with Gasteiger partial charge in [0, 0.05) is 6.04 Å². The highest BCUT2D eigenvalue weighted by atomic mass is 16.7. The second-order valence-corrected chi connectivity index (χ2v) is 2.87. The summed E-state index contributed by atoms with van der Waals surface area (Å²) in [6, 6.07) is -0.232. The third kappa shape index (κ3) is 3.92. The molecule has 0 aliphatic rings. The highest BCUT2D eigenvalue weighted by molar-refractivity contribution is 5.90. The van der Waals surface area contributed by atoms with Crippen molar-refractivity contribution in [2.24, 2.45) is 22.5 Å². The largest absolute Gasteiger partial charge is 0.430 e. The van der Waals surface area contributed by atoms with Gasteiger partial charge in [-0.1, -0.05) is 19.0 Å². The zero-order valence-corrected chi connectivity index (χ0v) is 7.57. The molecule has 1 unspecified atom stereocenters. The number of carbonyl (C=O) groups is 1. The van der Waals surface area contributed by atoms with Crippen LogP contribution in [-0.4, -0.2) is 17.8 Å². The number of hydrogen-bond donors (Lipinski definition) is 2. The highest BCUT2D eigenvalue weighted by Gasteiger charge is 2.11.